The Labute approximate surface area is 230 Å². The van der Waals surface area contributed by atoms with Gasteiger partial charge in [-0.2, -0.15) is 23.5 Å². The molecule has 2 amide bonds. The van der Waals surface area contributed by atoms with Crippen LogP contribution in [0.1, 0.15) is 38.3 Å². The Kier molecular flexibility index (Phi) is 9.23. The lowest BCUT2D eigenvalue weighted by atomic mass is 10.0. The highest BCUT2D eigenvalue weighted by atomic mass is 19.4. The van der Waals surface area contributed by atoms with Crippen LogP contribution in [-0.4, -0.2) is 63.8 Å². The standard InChI is InChI=1S/C25H22FN5O3.C2HF3O2/c1-15-16(2)24(33)29-28-22(15)12-18-5-8-21(26)20(11-18)25(34)30-9-10-31(23(32)14-30)19-6-3-17(13-27)4-7-19;3-2(4,5)1(6)7/h3-8,11H,9-10,12,14H2,1-2H3,(H,29,33);(H,6,7). The molecule has 214 valence electrons. The summed E-state index contributed by atoms with van der Waals surface area (Å²) in [6.07, 6.45) is -4.77. The zero-order chi connectivity index (χ0) is 30.5. The third-order valence-electron chi connectivity index (χ3n) is 6.32. The number of carboxylic acid groups (broad SMARTS) is 1. The van der Waals surface area contributed by atoms with E-state index in [1.807, 2.05) is 6.07 Å². The fraction of sp³-hybridized carbons (Fsp3) is 0.259. The number of aromatic amines is 1. The van der Waals surface area contributed by atoms with Crippen LogP contribution in [0.5, 0.6) is 0 Å². The topological polar surface area (TPSA) is 147 Å². The van der Waals surface area contributed by atoms with Gasteiger partial charge in [-0.05, 0) is 61.4 Å². The minimum absolute atomic E-state index is 0.115. The number of hydrogen-bond donors (Lipinski definition) is 2. The maximum absolute atomic E-state index is 14.6. The molecule has 4 rings (SSSR count). The number of nitriles is 1. The van der Waals surface area contributed by atoms with Crippen molar-refractivity contribution >= 4 is 23.5 Å². The molecule has 0 radical (unpaired) electrons. The molecular weight excluding hydrogens is 550 g/mol. The number of carbonyl (C=O) groups excluding carboxylic acids is 2. The number of alkyl halides is 3. The van der Waals surface area contributed by atoms with Gasteiger partial charge in [-0.3, -0.25) is 14.4 Å². The quantitative estimate of drug-likeness (QED) is 0.456. The summed E-state index contributed by atoms with van der Waals surface area (Å²) in [6, 6.07) is 12.9. The number of halogens is 4. The van der Waals surface area contributed by atoms with Crippen molar-refractivity contribution in [1.29, 1.82) is 5.26 Å². The molecule has 1 aromatic heterocycles. The second kappa shape index (κ2) is 12.4. The Morgan fingerprint density at radius 3 is 2.27 bits per heavy atom. The van der Waals surface area contributed by atoms with Gasteiger partial charge in [-0.1, -0.05) is 6.07 Å². The van der Waals surface area contributed by atoms with Crippen LogP contribution >= 0.6 is 0 Å². The van der Waals surface area contributed by atoms with Gasteiger partial charge in [0.1, 0.15) is 12.4 Å². The number of aromatic nitrogens is 2. The predicted octanol–water partition coefficient (Wildman–Crippen LogP) is 3.11. The molecule has 0 atom stereocenters. The molecule has 0 saturated carbocycles. The molecular formula is C27H23F4N5O5. The van der Waals surface area contributed by atoms with E-state index in [2.05, 4.69) is 10.2 Å². The Morgan fingerprint density at radius 2 is 1.71 bits per heavy atom. The van der Waals surface area contributed by atoms with Gasteiger partial charge in [0, 0.05) is 30.8 Å². The van der Waals surface area contributed by atoms with E-state index in [0.717, 1.165) is 5.56 Å². The van der Waals surface area contributed by atoms with Gasteiger partial charge in [-0.15, -0.1) is 0 Å². The van der Waals surface area contributed by atoms with Crippen molar-refractivity contribution < 1.29 is 37.1 Å². The highest BCUT2D eigenvalue weighted by Crippen LogP contribution is 2.21. The highest BCUT2D eigenvalue weighted by molar-refractivity contribution is 6.01. The fourth-order valence-corrected chi connectivity index (χ4v) is 3.89. The molecule has 2 aromatic carbocycles. The van der Waals surface area contributed by atoms with E-state index in [1.165, 1.54) is 17.0 Å². The lowest BCUT2D eigenvalue weighted by molar-refractivity contribution is -0.192. The number of benzene rings is 2. The van der Waals surface area contributed by atoms with Crippen molar-refractivity contribution in [2.75, 3.05) is 24.5 Å². The zero-order valence-corrected chi connectivity index (χ0v) is 21.8. The second-order valence-electron chi connectivity index (χ2n) is 8.97. The number of rotatable bonds is 4. The van der Waals surface area contributed by atoms with Crippen LogP contribution in [0, 0.1) is 31.0 Å². The monoisotopic (exact) mass is 573 g/mol. The van der Waals surface area contributed by atoms with Crippen LogP contribution in [-0.2, 0) is 16.0 Å². The third kappa shape index (κ3) is 7.33. The van der Waals surface area contributed by atoms with Crippen molar-refractivity contribution in [1.82, 2.24) is 15.1 Å². The summed E-state index contributed by atoms with van der Waals surface area (Å²) in [5.74, 6) is -4.27. The largest absolute Gasteiger partial charge is 0.490 e. The van der Waals surface area contributed by atoms with Gasteiger partial charge in [0.2, 0.25) is 5.91 Å². The van der Waals surface area contributed by atoms with E-state index in [1.54, 1.807) is 49.1 Å². The normalized spacial score (nSPS) is 13.2. The van der Waals surface area contributed by atoms with Gasteiger partial charge in [0.05, 0.1) is 22.9 Å². The molecule has 14 heteroatoms. The van der Waals surface area contributed by atoms with Gasteiger partial charge in [0.25, 0.3) is 11.5 Å². The number of piperazine rings is 1. The molecule has 2 N–H and O–H groups in total. The highest BCUT2D eigenvalue weighted by Gasteiger charge is 2.38. The number of hydrogen-bond acceptors (Lipinski definition) is 6. The molecule has 1 saturated heterocycles. The average Bonchev–Trinajstić information content (AvgIpc) is 2.94. The first-order chi connectivity index (χ1) is 19.2. The molecule has 0 bridgehead atoms. The first-order valence-electron chi connectivity index (χ1n) is 12.0. The Balaban J connectivity index is 0.000000587. The van der Waals surface area contributed by atoms with E-state index in [-0.39, 0.29) is 36.7 Å². The number of nitrogens with one attached hydrogen (secondary N) is 1. The second-order valence-corrected chi connectivity index (χ2v) is 8.97. The van der Waals surface area contributed by atoms with E-state index >= 15 is 0 Å². The maximum atomic E-state index is 14.6. The summed E-state index contributed by atoms with van der Waals surface area (Å²) in [5, 5.41) is 22.6. The van der Waals surface area contributed by atoms with Crippen LogP contribution in [0.4, 0.5) is 23.2 Å². The van der Waals surface area contributed by atoms with Gasteiger partial charge < -0.3 is 14.9 Å². The van der Waals surface area contributed by atoms with Crippen molar-refractivity contribution in [3.05, 3.63) is 92.1 Å². The Bertz CT molecular complexity index is 1580. The summed E-state index contributed by atoms with van der Waals surface area (Å²) in [4.78, 5) is 49.3. The van der Waals surface area contributed by atoms with Crippen molar-refractivity contribution in [2.45, 2.75) is 26.4 Å². The summed E-state index contributed by atoms with van der Waals surface area (Å²) < 4.78 is 46.3. The number of nitrogens with zero attached hydrogens (tertiary/aromatic N) is 4. The summed E-state index contributed by atoms with van der Waals surface area (Å²) in [6.45, 7) is 3.82. The first kappa shape index (κ1) is 30.5. The van der Waals surface area contributed by atoms with Crippen LogP contribution < -0.4 is 10.5 Å². The van der Waals surface area contributed by atoms with Crippen LogP contribution in [0.15, 0.2) is 47.3 Å². The number of amides is 2. The zero-order valence-electron chi connectivity index (χ0n) is 21.8. The molecule has 2 heterocycles. The number of anilines is 1. The number of carboxylic acids is 1. The smallest absolute Gasteiger partial charge is 0.475 e. The number of aliphatic carboxylic acids is 1. The van der Waals surface area contributed by atoms with E-state index < -0.39 is 23.9 Å². The third-order valence-corrected chi connectivity index (χ3v) is 6.32. The fourth-order valence-electron chi connectivity index (χ4n) is 3.89. The van der Waals surface area contributed by atoms with Gasteiger partial charge in [0.15, 0.2) is 0 Å². The van der Waals surface area contributed by atoms with Crippen molar-refractivity contribution in [3.63, 3.8) is 0 Å². The average molecular weight is 574 g/mol. The summed E-state index contributed by atoms with van der Waals surface area (Å²) in [7, 11) is 0. The molecule has 0 unspecified atom stereocenters. The summed E-state index contributed by atoms with van der Waals surface area (Å²) >= 11 is 0. The molecule has 3 aromatic rings. The van der Waals surface area contributed by atoms with E-state index in [0.29, 0.717) is 34.5 Å². The van der Waals surface area contributed by atoms with Crippen molar-refractivity contribution in [3.8, 4) is 6.07 Å². The van der Waals surface area contributed by atoms with Crippen LogP contribution in [0.25, 0.3) is 0 Å². The number of H-pyrrole nitrogens is 1. The molecule has 10 nitrogen and oxygen atoms in total. The molecule has 1 aliphatic heterocycles. The Morgan fingerprint density at radius 1 is 1.07 bits per heavy atom. The van der Waals surface area contributed by atoms with Crippen LogP contribution in [0.3, 0.4) is 0 Å². The molecule has 41 heavy (non-hydrogen) atoms. The molecule has 1 fully saturated rings. The summed E-state index contributed by atoms with van der Waals surface area (Å²) in [5.41, 5.74) is 3.35. The van der Waals surface area contributed by atoms with E-state index in [9.17, 15) is 31.9 Å². The van der Waals surface area contributed by atoms with Gasteiger partial charge in [-0.25, -0.2) is 14.3 Å². The van der Waals surface area contributed by atoms with Crippen molar-refractivity contribution in [2.24, 2.45) is 0 Å². The minimum atomic E-state index is -5.08. The Hall–Kier alpha value is -5.06. The lowest BCUT2D eigenvalue weighted by Gasteiger charge is -2.34. The van der Waals surface area contributed by atoms with E-state index in [4.69, 9.17) is 15.2 Å². The molecule has 0 aliphatic carbocycles. The minimum Gasteiger partial charge on any atom is -0.475 e. The molecule has 1 aliphatic rings. The van der Waals surface area contributed by atoms with Gasteiger partial charge >= 0.3 is 12.1 Å². The number of carbonyl (C=O) groups is 3. The molecule has 0 spiro atoms. The maximum Gasteiger partial charge on any atom is 0.490 e. The first-order valence-corrected chi connectivity index (χ1v) is 12.0. The van der Waals surface area contributed by atoms with Crippen LogP contribution in [0.2, 0.25) is 0 Å². The SMILES string of the molecule is Cc1c(Cc2ccc(F)c(C(=O)N3CCN(c4ccc(C#N)cc4)C(=O)C3)c2)n[nH]c(=O)c1C.O=C(O)C(F)(F)F. The predicted molar refractivity (Wildman–Crippen MR) is 137 cm³/mol. The lowest BCUT2D eigenvalue weighted by Crippen LogP contribution is -2.52.